The van der Waals surface area contributed by atoms with Crippen molar-refractivity contribution in [1.29, 1.82) is 0 Å². The van der Waals surface area contributed by atoms with Gasteiger partial charge in [0.05, 0.1) is 18.0 Å². The van der Waals surface area contributed by atoms with E-state index in [4.69, 9.17) is 0 Å². The van der Waals surface area contributed by atoms with Crippen molar-refractivity contribution in [2.75, 3.05) is 35.7 Å². The van der Waals surface area contributed by atoms with E-state index in [1.165, 1.54) is 28.0 Å². The molecule has 6 rings (SSSR count). The number of likely N-dealkylation sites (N-methyl/N-ethyl adjacent to an activating group) is 1. The molecule has 61 heavy (non-hydrogen) atoms. The number of nitrogens with zero attached hydrogens (tertiary/aromatic N) is 2. The molecule has 2 heterocycles. The number of fused-ring (bicyclic) bond motifs is 2. The van der Waals surface area contributed by atoms with E-state index >= 15 is 0 Å². The number of anilines is 3. The monoisotopic (exact) mass is 839 g/mol. The summed E-state index contributed by atoms with van der Waals surface area (Å²) in [6.07, 6.45) is 1.11. The molecular weight excluding hydrogens is 792 g/mol. The number of amides is 6. The molecule has 2 unspecified atom stereocenters. The van der Waals surface area contributed by atoms with E-state index in [0.717, 1.165) is 29.3 Å². The summed E-state index contributed by atoms with van der Waals surface area (Å²) in [4.78, 5) is 83.3. The summed E-state index contributed by atoms with van der Waals surface area (Å²) in [6.45, 7) is 7.98. The van der Waals surface area contributed by atoms with Crippen molar-refractivity contribution in [2.24, 2.45) is 5.41 Å². The average Bonchev–Trinajstić information content (AvgIpc) is 3.75. The molecule has 0 bridgehead atoms. The van der Waals surface area contributed by atoms with Crippen molar-refractivity contribution in [1.82, 2.24) is 20.9 Å². The minimum absolute atomic E-state index is 0.0217. The summed E-state index contributed by atoms with van der Waals surface area (Å²) >= 11 is 0. The first-order valence-corrected chi connectivity index (χ1v) is 19.7. The molecule has 4 aromatic rings. The largest absolute Gasteiger partial charge is 0.346 e. The van der Waals surface area contributed by atoms with Gasteiger partial charge >= 0.3 is 0 Å². The Morgan fingerprint density at radius 1 is 0.902 bits per heavy atom. The fourth-order valence-electron chi connectivity index (χ4n) is 7.61. The molecule has 6 amide bonds. The molecule has 0 spiro atoms. The van der Waals surface area contributed by atoms with Crippen LogP contribution in [0.3, 0.4) is 0 Å². The number of nitrogens with one attached hydrogen (secondary N) is 5. The van der Waals surface area contributed by atoms with Crippen molar-refractivity contribution in [3.05, 3.63) is 124 Å². The number of halogens is 3. The third-order valence-corrected chi connectivity index (χ3v) is 11.2. The molecule has 320 valence electrons. The number of hydrogen-bond donors (Lipinski definition) is 5. The lowest BCUT2D eigenvalue weighted by Gasteiger charge is -2.36. The summed E-state index contributed by atoms with van der Waals surface area (Å²) in [5, 5.41) is 13.3. The van der Waals surface area contributed by atoms with Gasteiger partial charge in [0, 0.05) is 24.5 Å². The SMILES string of the molecule is CN[C@@H](C)C(=O)NC(C(=O)N1Cc2ccc(NC(=O)CNC(=O)[C@]3(C)CN(C=O)c4cc(Cc5ccc(F)cc5)ccc43)cc2C1C(=O)Nc1c(F)cccc1F)C(C)(C)C. The predicted molar refractivity (Wildman–Crippen MR) is 223 cm³/mol. The van der Waals surface area contributed by atoms with Crippen LogP contribution >= 0.6 is 0 Å². The summed E-state index contributed by atoms with van der Waals surface area (Å²) < 4.78 is 43.0. The van der Waals surface area contributed by atoms with Gasteiger partial charge in [0.25, 0.3) is 5.91 Å². The molecule has 0 saturated carbocycles. The van der Waals surface area contributed by atoms with E-state index in [1.807, 2.05) is 12.1 Å². The maximum absolute atomic E-state index is 14.8. The Kier molecular flexibility index (Phi) is 12.7. The van der Waals surface area contributed by atoms with E-state index in [1.54, 1.807) is 72.0 Å². The van der Waals surface area contributed by atoms with Gasteiger partial charge in [-0.25, -0.2) is 13.2 Å². The highest BCUT2D eigenvalue weighted by molar-refractivity contribution is 6.02. The van der Waals surface area contributed by atoms with Gasteiger partial charge in [-0.15, -0.1) is 0 Å². The van der Waals surface area contributed by atoms with Crippen LogP contribution in [0.15, 0.2) is 78.9 Å². The third-order valence-electron chi connectivity index (χ3n) is 11.2. The normalized spacial score (nSPS) is 17.8. The molecule has 16 heteroatoms. The Bertz CT molecular complexity index is 2370. The second kappa shape index (κ2) is 17.6. The lowest BCUT2D eigenvalue weighted by atomic mass is 9.83. The Labute approximate surface area is 351 Å². The maximum atomic E-state index is 14.8. The smallest absolute Gasteiger partial charge is 0.252 e. The van der Waals surface area contributed by atoms with Crippen molar-refractivity contribution < 1.29 is 41.9 Å². The molecule has 4 aromatic carbocycles. The Morgan fingerprint density at radius 2 is 1.57 bits per heavy atom. The van der Waals surface area contributed by atoms with Gasteiger partial charge in [0.1, 0.15) is 35.2 Å². The van der Waals surface area contributed by atoms with Crippen LogP contribution in [0.4, 0.5) is 30.2 Å². The zero-order valence-electron chi connectivity index (χ0n) is 34.6. The van der Waals surface area contributed by atoms with Crippen molar-refractivity contribution in [3.8, 4) is 0 Å². The zero-order valence-corrected chi connectivity index (χ0v) is 34.6. The molecule has 13 nitrogen and oxygen atoms in total. The van der Waals surface area contributed by atoms with Crippen LogP contribution < -0.4 is 31.5 Å². The van der Waals surface area contributed by atoms with Crippen molar-refractivity contribution in [3.63, 3.8) is 0 Å². The average molecular weight is 840 g/mol. The number of rotatable bonds is 13. The Balaban J connectivity index is 1.20. The minimum Gasteiger partial charge on any atom is -0.346 e. The van der Waals surface area contributed by atoms with E-state index in [0.29, 0.717) is 29.6 Å². The lowest BCUT2D eigenvalue weighted by Crippen LogP contribution is -2.57. The number of carbonyl (C=O) groups is 6. The molecule has 0 saturated heterocycles. The summed E-state index contributed by atoms with van der Waals surface area (Å²) in [7, 11) is 1.59. The van der Waals surface area contributed by atoms with Crippen molar-refractivity contribution in [2.45, 2.75) is 71.1 Å². The van der Waals surface area contributed by atoms with E-state index in [9.17, 15) is 41.9 Å². The van der Waals surface area contributed by atoms with Gasteiger partial charge in [0.15, 0.2) is 0 Å². The third kappa shape index (κ3) is 9.28. The van der Waals surface area contributed by atoms with Gasteiger partial charge < -0.3 is 36.4 Å². The summed E-state index contributed by atoms with van der Waals surface area (Å²) in [5.41, 5.74) is 1.05. The first-order chi connectivity index (χ1) is 28.8. The summed E-state index contributed by atoms with van der Waals surface area (Å²) in [6, 6.07) is 16.0. The Morgan fingerprint density at radius 3 is 2.21 bits per heavy atom. The van der Waals surface area contributed by atoms with Crippen LogP contribution in [0.1, 0.15) is 68.5 Å². The standard InChI is InChI=1S/C45H48F3N7O6/c1-25(49-6)40(58)53-39(44(2,3)4)42(60)55-22-28-13-16-30(20-31(28)38(55)41(59)52-37-33(47)8-7-9-34(37)48)51-36(57)21-50-43(61)45(5)23-54(24-56)35-19-27(12-17-32(35)45)18-26-10-14-29(46)15-11-26/h7-17,19-20,24-25,38-39,49H,18,21-23H2,1-6H3,(H,50,61)(H,51,57)(H,52,59)(H,53,58)/t25-,38?,39?,45+/m0/s1. The first kappa shape index (κ1) is 44.0. The van der Waals surface area contributed by atoms with E-state index < -0.39 is 82.4 Å². The molecule has 2 aliphatic heterocycles. The maximum Gasteiger partial charge on any atom is 0.252 e. The second-order valence-electron chi connectivity index (χ2n) is 16.6. The Hall–Kier alpha value is -6.55. The minimum atomic E-state index is -1.44. The fraction of sp³-hybridized carbons (Fsp3) is 0.333. The lowest BCUT2D eigenvalue weighted by molar-refractivity contribution is -0.144. The van der Waals surface area contributed by atoms with Crippen molar-refractivity contribution >= 4 is 53.0 Å². The molecule has 0 aromatic heterocycles. The first-order valence-electron chi connectivity index (χ1n) is 19.7. The van der Waals surface area contributed by atoms with Gasteiger partial charge in [0.2, 0.25) is 30.0 Å². The van der Waals surface area contributed by atoms with Gasteiger partial charge in [-0.1, -0.05) is 57.2 Å². The van der Waals surface area contributed by atoms with Crippen LogP contribution in [-0.2, 0) is 47.1 Å². The number of hydrogen-bond acceptors (Lipinski definition) is 7. The number of para-hydroxylation sites is 1. The van der Waals surface area contributed by atoms with Crippen LogP contribution in [0.25, 0.3) is 0 Å². The molecule has 0 aliphatic carbocycles. The van der Waals surface area contributed by atoms with Crippen LogP contribution in [0, 0.1) is 22.9 Å². The molecule has 5 N–H and O–H groups in total. The van der Waals surface area contributed by atoms with Gasteiger partial charge in [-0.3, -0.25) is 28.8 Å². The van der Waals surface area contributed by atoms with Crippen LogP contribution in [0.2, 0.25) is 0 Å². The topological polar surface area (TPSA) is 169 Å². The highest BCUT2D eigenvalue weighted by Gasteiger charge is 2.46. The molecule has 2 aliphatic rings. The summed E-state index contributed by atoms with van der Waals surface area (Å²) in [5.74, 6) is -5.58. The van der Waals surface area contributed by atoms with Crippen LogP contribution in [0.5, 0.6) is 0 Å². The molecular formula is C45H48F3N7O6. The highest BCUT2D eigenvalue weighted by Crippen LogP contribution is 2.42. The van der Waals surface area contributed by atoms with E-state index in [2.05, 4.69) is 26.6 Å². The van der Waals surface area contributed by atoms with E-state index in [-0.39, 0.29) is 30.2 Å². The quantitative estimate of drug-likeness (QED) is 0.120. The molecule has 4 atom stereocenters. The second-order valence-corrected chi connectivity index (χ2v) is 16.6. The van der Waals surface area contributed by atoms with Crippen LogP contribution in [-0.4, -0.2) is 73.1 Å². The zero-order chi connectivity index (χ0) is 44.4. The highest BCUT2D eigenvalue weighted by atomic mass is 19.1. The predicted octanol–water partition coefficient (Wildman–Crippen LogP) is 4.84. The fourth-order valence-corrected chi connectivity index (χ4v) is 7.61. The molecule has 0 radical (unpaired) electrons. The molecule has 0 fully saturated rings. The van der Waals surface area contributed by atoms with Gasteiger partial charge in [-0.05, 0) is 103 Å². The number of carbonyl (C=O) groups excluding carboxylic acids is 6. The number of benzene rings is 4. The van der Waals surface area contributed by atoms with Gasteiger partial charge in [-0.2, -0.15) is 0 Å².